The second kappa shape index (κ2) is 7.50. The molecule has 0 aliphatic heterocycles. The summed E-state index contributed by atoms with van der Waals surface area (Å²) < 4.78 is 1.52. The second-order valence-electron chi connectivity index (χ2n) is 5.68. The number of nitrogens with zero attached hydrogens (tertiary/aromatic N) is 5. The minimum Gasteiger partial charge on any atom is -0.340 e. The molecule has 0 saturated heterocycles. The van der Waals surface area contributed by atoms with Gasteiger partial charge in [-0.1, -0.05) is 60.7 Å². The van der Waals surface area contributed by atoms with Crippen molar-refractivity contribution < 1.29 is 4.79 Å². The van der Waals surface area contributed by atoms with Crippen LogP contribution >= 0.6 is 0 Å². The highest BCUT2D eigenvalue weighted by molar-refractivity contribution is 5.80. The van der Waals surface area contributed by atoms with Crippen LogP contribution in [-0.4, -0.2) is 38.1 Å². The summed E-state index contributed by atoms with van der Waals surface area (Å²) in [5.41, 5.74) is 2.16. The van der Waals surface area contributed by atoms with Crippen LogP contribution in [0, 0.1) is 0 Å². The first-order chi connectivity index (χ1) is 11.7. The summed E-state index contributed by atoms with van der Waals surface area (Å²) in [4.78, 5) is 14.7. The molecule has 0 aliphatic carbocycles. The van der Waals surface area contributed by atoms with E-state index in [9.17, 15) is 4.79 Å². The fourth-order valence-corrected chi connectivity index (χ4v) is 2.63. The summed E-state index contributed by atoms with van der Waals surface area (Å²) >= 11 is 0. The quantitative estimate of drug-likeness (QED) is 0.697. The standard InChI is InChI=1S/C18H19N5O/c1-22(13-16-10-6-3-7-11-16)18(24)17(23-14-19-20-21-23)12-15-8-4-2-5-9-15/h2-11,14,17H,12-13H2,1H3. The lowest BCUT2D eigenvalue weighted by Crippen LogP contribution is -2.35. The first-order valence-corrected chi connectivity index (χ1v) is 7.79. The molecule has 6 nitrogen and oxygen atoms in total. The van der Waals surface area contributed by atoms with E-state index in [0.717, 1.165) is 11.1 Å². The van der Waals surface area contributed by atoms with E-state index < -0.39 is 6.04 Å². The Morgan fingerprint density at radius 3 is 2.25 bits per heavy atom. The monoisotopic (exact) mass is 321 g/mol. The number of tetrazole rings is 1. The largest absolute Gasteiger partial charge is 0.340 e. The van der Waals surface area contributed by atoms with Crippen LogP contribution in [0.1, 0.15) is 17.2 Å². The summed E-state index contributed by atoms with van der Waals surface area (Å²) in [5.74, 6) is -0.0185. The van der Waals surface area contributed by atoms with Crippen molar-refractivity contribution in [3.8, 4) is 0 Å². The lowest BCUT2D eigenvalue weighted by atomic mass is 10.0. The molecule has 1 aromatic heterocycles. The Labute approximate surface area is 140 Å². The van der Waals surface area contributed by atoms with Crippen molar-refractivity contribution in [1.82, 2.24) is 25.1 Å². The molecule has 3 rings (SSSR count). The van der Waals surface area contributed by atoms with Gasteiger partial charge in [0, 0.05) is 20.0 Å². The molecule has 3 aromatic rings. The Bertz CT molecular complexity index is 759. The maximum Gasteiger partial charge on any atom is 0.247 e. The zero-order valence-electron chi connectivity index (χ0n) is 13.5. The van der Waals surface area contributed by atoms with Gasteiger partial charge in [-0.15, -0.1) is 5.10 Å². The van der Waals surface area contributed by atoms with E-state index in [1.54, 1.807) is 11.9 Å². The number of amides is 1. The van der Waals surface area contributed by atoms with Crippen molar-refractivity contribution in [3.05, 3.63) is 78.1 Å². The van der Waals surface area contributed by atoms with Gasteiger partial charge >= 0.3 is 0 Å². The Morgan fingerprint density at radius 2 is 1.67 bits per heavy atom. The molecule has 1 unspecified atom stereocenters. The van der Waals surface area contributed by atoms with Crippen LogP contribution < -0.4 is 0 Å². The van der Waals surface area contributed by atoms with Gasteiger partial charge in [-0.25, -0.2) is 4.68 Å². The third-order valence-electron chi connectivity index (χ3n) is 3.88. The molecule has 2 aromatic carbocycles. The van der Waals surface area contributed by atoms with Gasteiger partial charge < -0.3 is 4.90 Å². The molecular weight excluding hydrogens is 302 g/mol. The van der Waals surface area contributed by atoms with Crippen molar-refractivity contribution in [2.75, 3.05) is 7.05 Å². The van der Waals surface area contributed by atoms with Crippen LogP contribution in [0.4, 0.5) is 0 Å². The van der Waals surface area contributed by atoms with Gasteiger partial charge in [-0.2, -0.15) is 0 Å². The van der Waals surface area contributed by atoms with Crippen LogP contribution in [-0.2, 0) is 17.8 Å². The summed E-state index contributed by atoms with van der Waals surface area (Å²) in [5, 5.41) is 11.3. The Balaban J connectivity index is 1.78. The molecule has 122 valence electrons. The lowest BCUT2D eigenvalue weighted by Gasteiger charge is -2.23. The number of carbonyl (C=O) groups excluding carboxylic acids is 1. The molecule has 0 spiro atoms. The number of hydrogen-bond donors (Lipinski definition) is 0. The zero-order valence-corrected chi connectivity index (χ0v) is 13.5. The molecular formula is C18H19N5O. The molecule has 1 atom stereocenters. The molecule has 0 N–H and O–H groups in total. The molecule has 1 amide bonds. The fraction of sp³-hybridized carbons (Fsp3) is 0.222. The van der Waals surface area contributed by atoms with Crippen LogP contribution in [0.15, 0.2) is 67.0 Å². The topological polar surface area (TPSA) is 63.9 Å². The molecule has 0 bridgehead atoms. The van der Waals surface area contributed by atoms with E-state index in [2.05, 4.69) is 15.5 Å². The molecule has 0 saturated carbocycles. The lowest BCUT2D eigenvalue weighted by molar-refractivity contribution is -0.134. The number of rotatable bonds is 6. The van der Waals surface area contributed by atoms with Crippen LogP contribution in [0.3, 0.4) is 0 Å². The summed E-state index contributed by atoms with van der Waals surface area (Å²) in [6.07, 6.45) is 2.03. The van der Waals surface area contributed by atoms with Gasteiger partial charge in [0.1, 0.15) is 12.4 Å². The highest BCUT2D eigenvalue weighted by Gasteiger charge is 2.25. The van der Waals surface area contributed by atoms with Gasteiger partial charge in [0.15, 0.2) is 0 Å². The van der Waals surface area contributed by atoms with Crippen molar-refractivity contribution in [2.24, 2.45) is 0 Å². The molecule has 1 heterocycles. The summed E-state index contributed by atoms with van der Waals surface area (Å²) in [6.45, 7) is 0.549. The predicted octanol–water partition coefficient (Wildman–Crippen LogP) is 2.12. The maximum atomic E-state index is 13.0. The fourth-order valence-electron chi connectivity index (χ4n) is 2.63. The third-order valence-corrected chi connectivity index (χ3v) is 3.88. The van der Waals surface area contributed by atoms with Crippen LogP contribution in [0.5, 0.6) is 0 Å². The highest BCUT2D eigenvalue weighted by atomic mass is 16.2. The second-order valence-corrected chi connectivity index (χ2v) is 5.68. The average molecular weight is 321 g/mol. The van der Waals surface area contributed by atoms with Crippen LogP contribution in [0.2, 0.25) is 0 Å². The van der Waals surface area contributed by atoms with E-state index in [-0.39, 0.29) is 5.91 Å². The van der Waals surface area contributed by atoms with Crippen molar-refractivity contribution >= 4 is 5.91 Å². The van der Waals surface area contributed by atoms with E-state index in [0.29, 0.717) is 13.0 Å². The van der Waals surface area contributed by atoms with Gasteiger partial charge in [0.05, 0.1) is 0 Å². The Morgan fingerprint density at radius 1 is 1.04 bits per heavy atom. The molecule has 0 fully saturated rings. The van der Waals surface area contributed by atoms with Gasteiger partial charge in [-0.05, 0) is 21.6 Å². The first-order valence-electron chi connectivity index (χ1n) is 7.79. The predicted molar refractivity (Wildman–Crippen MR) is 89.9 cm³/mol. The minimum atomic E-state index is -0.462. The van der Waals surface area contributed by atoms with Crippen molar-refractivity contribution in [2.45, 2.75) is 19.0 Å². The van der Waals surface area contributed by atoms with E-state index in [1.165, 1.54) is 11.0 Å². The smallest absolute Gasteiger partial charge is 0.247 e. The van der Waals surface area contributed by atoms with E-state index in [4.69, 9.17) is 0 Å². The van der Waals surface area contributed by atoms with Gasteiger partial charge in [0.2, 0.25) is 5.91 Å². The minimum absolute atomic E-state index is 0.0185. The van der Waals surface area contributed by atoms with Gasteiger partial charge in [-0.3, -0.25) is 4.79 Å². The molecule has 6 heteroatoms. The average Bonchev–Trinajstić information content (AvgIpc) is 3.15. The highest BCUT2D eigenvalue weighted by Crippen LogP contribution is 2.17. The first kappa shape index (κ1) is 15.9. The molecule has 0 radical (unpaired) electrons. The zero-order chi connectivity index (χ0) is 16.8. The van der Waals surface area contributed by atoms with Gasteiger partial charge in [0.25, 0.3) is 0 Å². The molecule has 0 aliphatic rings. The van der Waals surface area contributed by atoms with Crippen LogP contribution in [0.25, 0.3) is 0 Å². The SMILES string of the molecule is CN(Cc1ccccc1)C(=O)C(Cc1ccccc1)n1cnnn1. The van der Waals surface area contributed by atoms with Crippen molar-refractivity contribution in [3.63, 3.8) is 0 Å². The number of aromatic nitrogens is 4. The number of carbonyl (C=O) groups is 1. The summed E-state index contributed by atoms with van der Waals surface area (Å²) in [6, 6.07) is 19.3. The number of hydrogen-bond acceptors (Lipinski definition) is 4. The normalized spacial score (nSPS) is 11.9. The van der Waals surface area contributed by atoms with Crippen molar-refractivity contribution in [1.29, 1.82) is 0 Å². The Hall–Kier alpha value is -3.02. The van der Waals surface area contributed by atoms with E-state index in [1.807, 2.05) is 60.7 Å². The summed E-state index contributed by atoms with van der Waals surface area (Å²) in [7, 11) is 1.80. The Kier molecular flexibility index (Phi) is 4.96. The maximum absolute atomic E-state index is 13.0. The number of likely N-dealkylation sites (N-methyl/N-ethyl adjacent to an activating group) is 1. The molecule has 24 heavy (non-hydrogen) atoms. The van der Waals surface area contributed by atoms with E-state index >= 15 is 0 Å². The third kappa shape index (κ3) is 3.84. The number of benzene rings is 2.